The summed E-state index contributed by atoms with van der Waals surface area (Å²) in [4.78, 5) is 18.4. The number of carbonyl (C=O) groups excluding carboxylic acids is 1. The number of aryl methyl sites for hydroxylation is 1. The van der Waals surface area contributed by atoms with Crippen molar-refractivity contribution >= 4 is 28.9 Å². The van der Waals surface area contributed by atoms with Crippen molar-refractivity contribution in [2.45, 2.75) is 33.4 Å². The summed E-state index contributed by atoms with van der Waals surface area (Å²) in [5.74, 6) is 1.71. The van der Waals surface area contributed by atoms with Crippen LogP contribution >= 0.6 is 0 Å². The van der Waals surface area contributed by atoms with Gasteiger partial charge in [0.1, 0.15) is 11.6 Å². The van der Waals surface area contributed by atoms with Crippen LogP contribution in [0.25, 0.3) is 5.65 Å². The summed E-state index contributed by atoms with van der Waals surface area (Å²) in [5, 5.41) is 23.8. The number of amides is 1. The highest BCUT2D eigenvalue weighted by Crippen LogP contribution is 2.21. The number of hydrogen-bond acceptors (Lipinski definition) is 7. The first kappa shape index (κ1) is 23.5. The largest absolute Gasteiger partial charge is 0.394 e. The average molecular weight is 440 g/mol. The minimum Gasteiger partial charge on any atom is -0.394 e. The summed E-state index contributed by atoms with van der Waals surface area (Å²) in [6.07, 6.45) is 1.79. The molecule has 32 heavy (non-hydrogen) atoms. The molecule has 3 rings (SSSR count). The molecule has 0 spiro atoms. The molecule has 0 aliphatic rings. The lowest BCUT2D eigenvalue weighted by atomic mass is 10.1. The first-order chi connectivity index (χ1) is 15.3. The Labute approximate surface area is 188 Å². The van der Waals surface area contributed by atoms with E-state index in [4.69, 9.17) is 0 Å². The van der Waals surface area contributed by atoms with Gasteiger partial charge in [0.05, 0.1) is 25.4 Å². The maximum Gasteiger partial charge on any atom is 0.238 e. The fourth-order valence-corrected chi connectivity index (χ4v) is 3.27. The molecule has 0 radical (unpaired) electrons. The molecule has 9 heteroatoms. The predicted octanol–water partition coefficient (Wildman–Crippen LogP) is 2.58. The lowest BCUT2D eigenvalue weighted by molar-refractivity contribution is -0.116. The van der Waals surface area contributed by atoms with E-state index in [1.54, 1.807) is 10.7 Å². The quantitative estimate of drug-likeness (QED) is 0.385. The molecule has 2 heterocycles. The smallest absolute Gasteiger partial charge is 0.238 e. The zero-order valence-corrected chi connectivity index (χ0v) is 19.4. The Morgan fingerprint density at radius 3 is 2.56 bits per heavy atom. The number of nitrogens with zero attached hydrogens (tertiary/aromatic N) is 4. The van der Waals surface area contributed by atoms with Gasteiger partial charge in [-0.15, -0.1) is 0 Å². The second-order valence-corrected chi connectivity index (χ2v) is 8.60. The number of benzene rings is 1. The van der Waals surface area contributed by atoms with Gasteiger partial charge in [0.15, 0.2) is 5.65 Å². The van der Waals surface area contributed by atoms with Crippen LogP contribution in [0.4, 0.5) is 17.3 Å². The molecule has 3 aromatic rings. The number of nitrogens with one attached hydrogen (secondary N) is 3. The molecule has 1 atom stereocenters. The monoisotopic (exact) mass is 439 g/mol. The second-order valence-electron chi connectivity index (χ2n) is 8.60. The summed E-state index contributed by atoms with van der Waals surface area (Å²) in [6, 6.07) is 9.56. The number of carbonyl (C=O) groups is 1. The molecule has 2 aromatic heterocycles. The molecule has 1 amide bonds. The highest BCUT2D eigenvalue weighted by molar-refractivity contribution is 5.92. The number of aliphatic hydroxyl groups excluding tert-OH is 1. The van der Waals surface area contributed by atoms with Gasteiger partial charge in [-0.25, -0.2) is 4.98 Å². The predicted molar refractivity (Wildman–Crippen MR) is 128 cm³/mol. The SMILES string of the molecule is Cc1cnn2c(NCc3ccc(NC(=O)CN(C)C)cc3)cc(N[C@@H](CO)C(C)C)nc12. The zero-order valence-electron chi connectivity index (χ0n) is 19.4. The van der Waals surface area contributed by atoms with Crippen LogP contribution in [-0.4, -0.2) is 63.8 Å². The Balaban J connectivity index is 1.73. The number of anilines is 3. The fourth-order valence-electron chi connectivity index (χ4n) is 3.27. The van der Waals surface area contributed by atoms with E-state index in [0.717, 1.165) is 28.3 Å². The van der Waals surface area contributed by atoms with E-state index >= 15 is 0 Å². The number of aromatic nitrogens is 3. The zero-order chi connectivity index (χ0) is 23.3. The third kappa shape index (κ3) is 5.95. The minimum absolute atomic E-state index is 0.0307. The summed E-state index contributed by atoms with van der Waals surface area (Å²) in [6.45, 7) is 7.04. The normalized spacial score (nSPS) is 12.4. The van der Waals surface area contributed by atoms with Crippen molar-refractivity contribution in [3.63, 3.8) is 0 Å². The Morgan fingerprint density at radius 1 is 1.22 bits per heavy atom. The lowest BCUT2D eigenvalue weighted by Crippen LogP contribution is -2.30. The molecular formula is C23H33N7O2. The second kappa shape index (κ2) is 10.4. The minimum atomic E-state index is -0.0868. The van der Waals surface area contributed by atoms with Gasteiger partial charge in [-0.05, 0) is 44.6 Å². The van der Waals surface area contributed by atoms with Crippen LogP contribution in [0, 0.1) is 12.8 Å². The third-order valence-electron chi connectivity index (χ3n) is 5.15. The number of hydrogen-bond donors (Lipinski definition) is 4. The maximum absolute atomic E-state index is 11.9. The van der Waals surface area contributed by atoms with Gasteiger partial charge < -0.3 is 26.0 Å². The van der Waals surface area contributed by atoms with Gasteiger partial charge in [-0.3, -0.25) is 4.79 Å². The number of rotatable bonds is 10. The van der Waals surface area contributed by atoms with Gasteiger partial charge in [0.2, 0.25) is 5.91 Å². The highest BCUT2D eigenvalue weighted by atomic mass is 16.3. The van der Waals surface area contributed by atoms with Crippen LogP contribution in [-0.2, 0) is 11.3 Å². The van der Waals surface area contributed by atoms with Crippen molar-refractivity contribution in [1.82, 2.24) is 19.5 Å². The Morgan fingerprint density at radius 2 is 1.94 bits per heavy atom. The molecule has 0 unspecified atom stereocenters. The van der Waals surface area contributed by atoms with E-state index < -0.39 is 0 Å². The molecule has 1 aromatic carbocycles. The lowest BCUT2D eigenvalue weighted by Gasteiger charge is -2.21. The molecule has 0 aliphatic heterocycles. The van der Waals surface area contributed by atoms with Crippen molar-refractivity contribution < 1.29 is 9.90 Å². The maximum atomic E-state index is 11.9. The van der Waals surface area contributed by atoms with Gasteiger partial charge in [0, 0.05) is 23.9 Å². The van der Waals surface area contributed by atoms with Crippen molar-refractivity contribution in [2.75, 3.05) is 43.2 Å². The summed E-state index contributed by atoms with van der Waals surface area (Å²) in [5.41, 5.74) is 3.57. The van der Waals surface area contributed by atoms with Gasteiger partial charge >= 0.3 is 0 Å². The number of aliphatic hydroxyl groups is 1. The first-order valence-electron chi connectivity index (χ1n) is 10.8. The molecular weight excluding hydrogens is 406 g/mol. The van der Waals surface area contributed by atoms with E-state index in [9.17, 15) is 9.90 Å². The van der Waals surface area contributed by atoms with Crippen LogP contribution in [0.5, 0.6) is 0 Å². The molecule has 0 aliphatic carbocycles. The molecule has 0 saturated carbocycles. The standard InChI is InChI=1S/C23H33N7O2/c1-15(2)19(14-31)27-20-10-21(30-23(28-20)16(3)11-25-30)24-12-17-6-8-18(9-7-17)26-22(32)13-29(4)5/h6-11,15,19,24,31H,12-14H2,1-5H3,(H,26,32)(H,27,28)/t19-/m0/s1. The molecule has 0 fully saturated rings. The Bertz CT molecular complexity index is 1040. The van der Waals surface area contributed by atoms with Crippen molar-refractivity contribution in [3.05, 3.63) is 47.7 Å². The van der Waals surface area contributed by atoms with Gasteiger partial charge in [0.25, 0.3) is 0 Å². The molecule has 4 N–H and O–H groups in total. The third-order valence-corrected chi connectivity index (χ3v) is 5.15. The topological polar surface area (TPSA) is 107 Å². The number of fused-ring (bicyclic) bond motifs is 1. The van der Waals surface area contributed by atoms with Crippen molar-refractivity contribution in [2.24, 2.45) is 5.92 Å². The molecule has 9 nitrogen and oxygen atoms in total. The first-order valence-corrected chi connectivity index (χ1v) is 10.8. The van der Waals surface area contributed by atoms with E-state index in [2.05, 4.69) is 39.9 Å². The van der Waals surface area contributed by atoms with E-state index in [1.165, 1.54) is 0 Å². The Kier molecular flexibility index (Phi) is 7.66. The molecule has 172 valence electrons. The van der Waals surface area contributed by atoms with Gasteiger partial charge in [-0.2, -0.15) is 9.61 Å². The van der Waals surface area contributed by atoms with Crippen molar-refractivity contribution in [3.8, 4) is 0 Å². The van der Waals surface area contributed by atoms with Crippen LogP contribution in [0.15, 0.2) is 36.5 Å². The van der Waals surface area contributed by atoms with E-state index in [1.807, 2.05) is 56.3 Å². The van der Waals surface area contributed by atoms with Gasteiger partial charge in [-0.1, -0.05) is 26.0 Å². The Hall–Kier alpha value is -3.17. The summed E-state index contributed by atoms with van der Waals surface area (Å²) < 4.78 is 1.78. The van der Waals surface area contributed by atoms with Crippen LogP contribution in [0.3, 0.4) is 0 Å². The molecule has 0 saturated heterocycles. The van der Waals surface area contributed by atoms with Crippen LogP contribution < -0.4 is 16.0 Å². The van der Waals surface area contributed by atoms with Crippen LogP contribution in [0.1, 0.15) is 25.0 Å². The van der Waals surface area contributed by atoms with Crippen molar-refractivity contribution in [1.29, 1.82) is 0 Å². The highest BCUT2D eigenvalue weighted by Gasteiger charge is 2.15. The average Bonchev–Trinajstić information content (AvgIpc) is 3.11. The molecule has 0 bridgehead atoms. The summed E-state index contributed by atoms with van der Waals surface area (Å²) in [7, 11) is 3.72. The number of likely N-dealkylation sites (N-methyl/N-ethyl adjacent to an activating group) is 1. The van der Waals surface area contributed by atoms with E-state index in [0.29, 0.717) is 18.9 Å². The van der Waals surface area contributed by atoms with E-state index in [-0.39, 0.29) is 24.5 Å². The fraction of sp³-hybridized carbons (Fsp3) is 0.435. The summed E-state index contributed by atoms with van der Waals surface area (Å²) >= 11 is 0. The van der Waals surface area contributed by atoms with Crippen LogP contribution in [0.2, 0.25) is 0 Å².